The quantitative estimate of drug-likeness (QED) is 0.833. The maximum absolute atomic E-state index is 12.9. The Morgan fingerprint density at radius 2 is 2.15 bits per heavy atom. The summed E-state index contributed by atoms with van der Waals surface area (Å²) in [5.74, 6) is -1.06. The minimum atomic E-state index is -0.804. The third kappa shape index (κ3) is 4.90. The highest BCUT2D eigenvalue weighted by Gasteiger charge is 2.19. The Labute approximate surface area is 118 Å². The average molecular weight is 281 g/mol. The van der Waals surface area contributed by atoms with Gasteiger partial charge >= 0.3 is 5.97 Å². The van der Waals surface area contributed by atoms with Crippen molar-refractivity contribution < 1.29 is 19.0 Å². The molecule has 1 fully saturated rings. The van der Waals surface area contributed by atoms with Crippen molar-refractivity contribution in [3.63, 3.8) is 0 Å². The van der Waals surface area contributed by atoms with Crippen molar-refractivity contribution in [2.75, 3.05) is 19.7 Å². The van der Waals surface area contributed by atoms with Gasteiger partial charge in [0.1, 0.15) is 5.82 Å². The molecule has 0 amide bonds. The molecule has 1 N–H and O–H groups in total. The van der Waals surface area contributed by atoms with Crippen LogP contribution in [-0.4, -0.2) is 41.8 Å². The van der Waals surface area contributed by atoms with Gasteiger partial charge in [-0.25, -0.2) is 4.39 Å². The topological polar surface area (TPSA) is 49.8 Å². The van der Waals surface area contributed by atoms with Crippen LogP contribution in [0.1, 0.15) is 24.8 Å². The van der Waals surface area contributed by atoms with Gasteiger partial charge in [-0.05, 0) is 30.5 Å². The first kappa shape index (κ1) is 14.9. The summed E-state index contributed by atoms with van der Waals surface area (Å²) in [6, 6.07) is 6.32. The predicted molar refractivity (Wildman–Crippen MR) is 72.9 cm³/mol. The molecule has 0 radical (unpaired) electrons. The van der Waals surface area contributed by atoms with Gasteiger partial charge < -0.3 is 9.84 Å². The fourth-order valence-electron chi connectivity index (χ4n) is 2.41. The number of rotatable bonds is 7. The first-order valence-corrected chi connectivity index (χ1v) is 6.93. The van der Waals surface area contributed by atoms with Gasteiger partial charge in [-0.3, -0.25) is 9.69 Å². The van der Waals surface area contributed by atoms with Crippen LogP contribution >= 0.6 is 0 Å². The summed E-state index contributed by atoms with van der Waals surface area (Å²) in [6.45, 7) is 2.61. The number of hydrogen-bond donors (Lipinski definition) is 1. The second kappa shape index (κ2) is 7.36. The van der Waals surface area contributed by atoms with E-state index in [1.807, 2.05) is 0 Å². The van der Waals surface area contributed by atoms with Crippen LogP contribution in [0, 0.1) is 5.82 Å². The van der Waals surface area contributed by atoms with Gasteiger partial charge in [-0.15, -0.1) is 0 Å². The monoisotopic (exact) mass is 281 g/mol. The minimum Gasteiger partial charge on any atom is -0.481 e. The maximum atomic E-state index is 12.9. The molecule has 1 aliphatic rings. The van der Waals surface area contributed by atoms with Gasteiger partial charge in [0, 0.05) is 26.2 Å². The normalized spacial score (nSPS) is 18.6. The molecular formula is C15H20FNO3. The average Bonchev–Trinajstić information content (AvgIpc) is 2.91. The van der Waals surface area contributed by atoms with Crippen LogP contribution in [0.5, 0.6) is 0 Å². The fourth-order valence-corrected chi connectivity index (χ4v) is 2.41. The molecule has 0 saturated carbocycles. The zero-order valence-corrected chi connectivity index (χ0v) is 11.4. The van der Waals surface area contributed by atoms with E-state index in [9.17, 15) is 9.18 Å². The molecule has 4 nitrogen and oxygen atoms in total. The van der Waals surface area contributed by atoms with Gasteiger partial charge in [-0.1, -0.05) is 12.1 Å². The Morgan fingerprint density at radius 1 is 1.40 bits per heavy atom. The Bertz CT molecular complexity index is 429. The summed E-state index contributed by atoms with van der Waals surface area (Å²) < 4.78 is 18.5. The molecule has 1 saturated heterocycles. The third-order valence-corrected chi connectivity index (χ3v) is 3.45. The zero-order chi connectivity index (χ0) is 14.4. The summed E-state index contributed by atoms with van der Waals surface area (Å²) >= 11 is 0. The van der Waals surface area contributed by atoms with Crippen LogP contribution in [0.2, 0.25) is 0 Å². The maximum Gasteiger partial charge on any atom is 0.304 e. The van der Waals surface area contributed by atoms with Gasteiger partial charge in [0.15, 0.2) is 0 Å². The van der Waals surface area contributed by atoms with Crippen molar-refractivity contribution in [3.8, 4) is 0 Å². The fraction of sp³-hybridized carbons (Fsp3) is 0.533. The lowest BCUT2D eigenvalue weighted by molar-refractivity contribution is -0.137. The highest BCUT2D eigenvalue weighted by Crippen LogP contribution is 2.15. The molecule has 0 aromatic heterocycles. The third-order valence-electron chi connectivity index (χ3n) is 3.45. The minimum absolute atomic E-state index is 0.105. The molecule has 1 aromatic rings. The zero-order valence-electron chi connectivity index (χ0n) is 11.4. The largest absolute Gasteiger partial charge is 0.481 e. The summed E-state index contributed by atoms with van der Waals surface area (Å²) in [4.78, 5) is 12.8. The molecule has 0 aliphatic carbocycles. The van der Waals surface area contributed by atoms with E-state index in [2.05, 4.69) is 4.90 Å². The van der Waals surface area contributed by atoms with E-state index in [1.165, 1.54) is 12.1 Å². The molecule has 110 valence electrons. The van der Waals surface area contributed by atoms with Crippen molar-refractivity contribution >= 4 is 5.97 Å². The SMILES string of the molecule is O=C(O)CCN(Cc1ccc(F)cc1)CC1CCCO1. The number of benzene rings is 1. The Hall–Kier alpha value is -1.46. The Morgan fingerprint density at radius 3 is 2.75 bits per heavy atom. The van der Waals surface area contributed by atoms with E-state index in [-0.39, 0.29) is 18.3 Å². The first-order chi connectivity index (χ1) is 9.63. The highest BCUT2D eigenvalue weighted by molar-refractivity contribution is 5.66. The van der Waals surface area contributed by atoms with Crippen LogP contribution in [0.4, 0.5) is 4.39 Å². The molecule has 0 spiro atoms. The molecule has 2 rings (SSSR count). The second-order valence-corrected chi connectivity index (χ2v) is 5.14. The number of carbonyl (C=O) groups is 1. The van der Waals surface area contributed by atoms with Crippen molar-refractivity contribution in [1.82, 2.24) is 4.90 Å². The molecule has 5 heteroatoms. The van der Waals surface area contributed by atoms with E-state index in [4.69, 9.17) is 9.84 Å². The van der Waals surface area contributed by atoms with Crippen molar-refractivity contribution in [3.05, 3.63) is 35.6 Å². The number of aliphatic carboxylic acids is 1. The van der Waals surface area contributed by atoms with Crippen molar-refractivity contribution in [1.29, 1.82) is 0 Å². The molecule has 1 atom stereocenters. The van der Waals surface area contributed by atoms with E-state index in [0.717, 1.165) is 31.6 Å². The van der Waals surface area contributed by atoms with Gasteiger partial charge in [0.2, 0.25) is 0 Å². The molecule has 1 aliphatic heterocycles. The van der Waals surface area contributed by atoms with Crippen LogP contribution in [-0.2, 0) is 16.1 Å². The van der Waals surface area contributed by atoms with Crippen LogP contribution in [0.25, 0.3) is 0 Å². The van der Waals surface area contributed by atoms with Crippen LogP contribution in [0.3, 0.4) is 0 Å². The second-order valence-electron chi connectivity index (χ2n) is 5.14. The van der Waals surface area contributed by atoms with Crippen molar-refractivity contribution in [2.45, 2.75) is 31.9 Å². The molecule has 1 aromatic carbocycles. The molecule has 1 heterocycles. The number of carboxylic acids is 1. The summed E-state index contributed by atoms with van der Waals surface area (Å²) in [5, 5.41) is 8.82. The van der Waals surface area contributed by atoms with Crippen LogP contribution < -0.4 is 0 Å². The molecular weight excluding hydrogens is 261 g/mol. The van der Waals surface area contributed by atoms with Crippen molar-refractivity contribution in [2.24, 2.45) is 0 Å². The Kier molecular flexibility index (Phi) is 5.49. The standard InChI is InChI=1S/C15H20FNO3/c16-13-5-3-12(4-6-13)10-17(8-7-15(18)19)11-14-2-1-9-20-14/h3-6,14H,1-2,7-11H2,(H,18,19). The van der Waals surface area contributed by atoms with Gasteiger partial charge in [0.25, 0.3) is 0 Å². The lowest BCUT2D eigenvalue weighted by Gasteiger charge is -2.24. The Balaban J connectivity index is 1.93. The lowest BCUT2D eigenvalue weighted by Crippen LogP contribution is -2.33. The van der Waals surface area contributed by atoms with E-state index in [1.54, 1.807) is 12.1 Å². The number of hydrogen-bond acceptors (Lipinski definition) is 3. The molecule has 0 bridgehead atoms. The van der Waals surface area contributed by atoms with Gasteiger partial charge in [-0.2, -0.15) is 0 Å². The highest BCUT2D eigenvalue weighted by atomic mass is 19.1. The van der Waals surface area contributed by atoms with E-state index in [0.29, 0.717) is 13.1 Å². The number of carboxylic acid groups (broad SMARTS) is 1. The number of halogens is 1. The summed E-state index contributed by atoms with van der Waals surface area (Å²) in [7, 11) is 0. The van der Waals surface area contributed by atoms with Crippen LogP contribution in [0.15, 0.2) is 24.3 Å². The molecule has 20 heavy (non-hydrogen) atoms. The van der Waals surface area contributed by atoms with E-state index < -0.39 is 5.97 Å². The smallest absolute Gasteiger partial charge is 0.304 e. The van der Waals surface area contributed by atoms with Gasteiger partial charge in [0.05, 0.1) is 12.5 Å². The summed E-state index contributed by atoms with van der Waals surface area (Å²) in [5.41, 5.74) is 0.981. The number of ether oxygens (including phenoxy) is 1. The number of nitrogens with zero attached hydrogens (tertiary/aromatic N) is 1. The lowest BCUT2D eigenvalue weighted by atomic mass is 10.1. The molecule has 1 unspecified atom stereocenters. The first-order valence-electron chi connectivity index (χ1n) is 6.93. The predicted octanol–water partition coefficient (Wildman–Crippen LogP) is 2.28. The van der Waals surface area contributed by atoms with E-state index >= 15 is 0 Å². The summed E-state index contributed by atoms with van der Waals surface area (Å²) in [6.07, 6.45) is 2.37.